The summed E-state index contributed by atoms with van der Waals surface area (Å²) in [5, 5.41) is 12.9. The number of thioether (sulfide) groups is 1. The molecule has 11 heteroatoms. The van der Waals surface area contributed by atoms with Crippen LogP contribution in [0, 0.1) is 5.82 Å². The molecule has 6 aromatic rings. The number of carbonyl (C=O) groups is 3. The highest BCUT2D eigenvalue weighted by atomic mass is 35.5. The highest BCUT2D eigenvalue weighted by molar-refractivity contribution is 8.00. The fourth-order valence-corrected chi connectivity index (χ4v) is 6.42. The summed E-state index contributed by atoms with van der Waals surface area (Å²) in [5.74, 6) is -2.02. The maximum Gasteiger partial charge on any atom is 0.272 e. The largest absolute Gasteiger partial charge is 0.321 e. The lowest BCUT2D eigenvalue weighted by Crippen LogP contribution is -2.30. The topological polar surface area (TPSA) is 100 Å². The minimum atomic E-state index is -0.690. The summed E-state index contributed by atoms with van der Waals surface area (Å²) in [6.45, 7) is 0. The molecule has 48 heavy (non-hydrogen) atoms. The Balaban J connectivity index is 1.10. The number of hydrogen-bond acceptors (Lipinski definition) is 6. The monoisotopic (exact) mass is 692 g/mol. The molecule has 7 nitrogen and oxygen atoms in total. The average molecular weight is 693 g/mol. The second-order valence-electron chi connectivity index (χ2n) is 10.4. The van der Waals surface area contributed by atoms with E-state index >= 15 is 0 Å². The summed E-state index contributed by atoms with van der Waals surface area (Å²) < 4.78 is 14.6. The third-order valence-corrected chi connectivity index (χ3v) is 9.16. The predicted octanol–water partition coefficient (Wildman–Crippen LogP) is 8.90. The van der Waals surface area contributed by atoms with Crippen molar-refractivity contribution in [3.63, 3.8) is 0 Å². The lowest BCUT2D eigenvalue weighted by Gasteiger charge is -2.13. The van der Waals surface area contributed by atoms with Crippen LogP contribution in [0.4, 0.5) is 15.2 Å². The molecule has 1 heterocycles. The van der Waals surface area contributed by atoms with Crippen molar-refractivity contribution in [1.29, 1.82) is 0 Å². The van der Waals surface area contributed by atoms with E-state index in [1.807, 2.05) is 41.8 Å². The van der Waals surface area contributed by atoms with Gasteiger partial charge < -0.3 is 16.0 Å². The molecule has 0 saturated heterocycles. The Morgan fingerprint density at radius 2 is 1.60 bits per heavy atom. The van der Waals surface area contributed by atoms with E-state index in [2.05, 4.69) is 33.1 Å². The summed E-state index contributed by atoms with van der Waals surface area (Å²) in [5.41, 5.74) is 2.22. The molecule has 0 unspecified atom stereocenters. The van der Waals surface area contributed by atoms with Crippen molar-refractivity contribution in [2.24, 2.45) is 0 Å². The Morgan fingerprint density at radius 1 is 0.833 bits per heavy atom. The zero-order valence-corrected chi connectivity index (χ0v) is 27.5. The molecule has 3 N–H and O–H groups in total. The van der Waals surface area contributed by atoms with Crippen molar-refractivity contribution in [2.45, 2.75) is 4.90 Å². The van der Waals surface area contributed by atoms with Crippen LogP contribution in [0.3, 0.4) is 0 Å². The molecule has 3 amide bonds. The van der Waals surface area contributed by atoms with E-state index in [4.69, 9.17) is 11.6 Å². The number of anilines is 2. The number of fused-ring (bicyclic) bond motifs is 1. The molecule has 0 atom stereocenters. The highest BCUT2D eigenvalue weighted by Crippen LogP contribution is 2.29. The van der Waals surface area contributed by atoms with Gasteiger partial charge in [0.25, 0.3) is 11.8 Å². The first kappa shape index (κ1) is 32.6. The smallest absolute Gasteiger partial charge is 0.272 e. The molecule has 0 fully saturated rings. The fourth-order valence-electron chi connectivity index (χ4n) is 4.71. The molecule has 0 radical (unpaired) electrons. The molecular formula is C37H26ClFN4O3S2. The second-order valence-corrected chi connectivity index (χ2v) is 12.7. The zero-order valence-electron chi connectivity index (χ0n) is 25.1. The van der Waals surface area contributed by atoms with Crippen molar-refractivity contribution in [3.8, 4) is 11.3 Å². The second kappa shape index (κ2) is 15.1. The number of thiazole rings is 1. The third kappa shape index (κ3) is 8.16. The Kier molecular flexibility index (Phi) is 10.3. The summed E-state index contributed by atoms with van der Waals surface area (Å²) in [4.78, 5) is 44.4. The van der Waals surface area contributed by atoms with Crippen LogP contribution in [0.25, 0.3) is 28.1 Å². The molecule has 1 aromatic heterocycles. The molecular weight excluding hydrogens is 667 g/mol. The van der Waals surface area contributed by atoms with Gasteiger partial charge in [-0.05, 0) is 65.4 Å². The maximum atomic E-state index is 14.6. The molecule has 6 rings (SSSR count). The Morgan fingerprint density at radius 3 is 2.42 bits per heavy atom. The number of rotatable bonds is 10. The van der Waals surface area contributed by atoms with Crippen LogP contribution in [-0.4, -0.2) is 28.5 Å². The minimum absolute atomic E-state index is 0.0439. The van der Waals surface area contributed by atoms with Gasteiger partial charge in [-0.2, -0.15) is 0 Å². The molecule has 0 bridgehead atoms. The van der Waals surface area contributed by atoms with Gasteiger partial charge in [0, 0.05) is 32.7 Å². The molecule has 5 aromatic carbocycles. The first-order chi connectivity index (χ1) is 23.3. The van der Waals surface area contributed by atoms with Gasteiger partial charge in [0.1, 0.15) is 11.5 Å². The Hall–Kier alpha value is -5.29. The first-order valence-corrected chi connectivity index (χ1v) is 16.9. The van der Waals surface area contributed by atoms with E-state index in [1.54, 1.807) is 48.5 Å². The van der Waals surface area contributed by atoms with Crippen molar-refractivity contribution in [2.75, 3.05) is 16.4 Å². The van der Waals surface area contributed by atoms with Crippen LogP contribution < -0.4 is 16.0 Å². The number of carbonyl (C=O) groups excluding carboxylic acids is 3. The first-order valence-electron chi connectivity index (χ1n) is 14.6. The number of benzene rings is 5. The van der Waals surface area contributed by atoms with Gasteiger partial charge in [0.05, 0.1) is 16.5 Å². The number of nitrogens with one attached hydrogen (secondary N) is 3. The summed E-state index contributed by atoms with van der Waals surface area (Å²) in [6.07, 6.45) is 1.20. The Bertz CT molecular complexity index is 2150. The number of amides is 3. The van der Waals surface area contributed by atoms with Crippen LogP contribution >= 0.6 is 34.7 Å². The van der Waals surface area contributed by atoms with Gasteiger partial charge in [-0.25, -0.2) is 9.37 Å². The normalized spacial score (nSPS) is 11.2. The average Bonchev–Trinajstić information content (AvgIpc) is 3.57. The number of aromatic nitrogens is 1. The summed E-state index contributed by atoms with van der Waals surface area (Å²) >= 11 is 8.83. The van der Waals surface area contributed by atoms with Crippen LogP contribution in [0.5, 0.6) is 0 Å². The van der Waals surface area contributed by atoms with Crippen molar-refractivity contribution >= 4 is 80.1 Å². The Labute approximate surface area is 288 Å². The predicted molar refractivity (Wildman–Crippen MR) is 193 cm³/mol. The van der Waals surface area contributed by atoms with E-state index in [0.717, 1.165) is 26.9 Å². The van der Waals surface area contributed by atoms with Crippen LogP contribution in [0.1, 0.15) is 15.9 Å². The molecule has 0 aliphatic rings. The van der Waals surface area contributed by atoms with Gasteiger partial charge >= 0.3 is 0 Å². The van der Waals surface area contributed by atoms with Crippen LogP contribution in [-0.2, 0) is 9.59 Å². The highest BCUT2D eigenvalue weighted by Gasteiger charge is 2.18. The molecule has 0 saturated carbocycles. The van der Waals surface area contributed by atoms with E-state index in [-0.39, 0.29) is 27.9 Å². The van der Waals surface area contributed by atoms with Gasteiger partial charge in [0.2, 0.25) is 5.91 Å². The summed E-state index contributed by atoms with van der Waals surface area (Å²) in [7, 11) is 0. The fraction of sp³-hybridized carbons (Fsp3) is 0.0270. The lowest BCUT2D eigenvalue weighted by molar-refractivity contribution is -0.114. The van der Waals surface area contributed by atoms with Gasteiger partial charge in [0.15, 0.2) is 5.13 Å². The minimum Gasteiger partial charge on any atom is -0.321 e. The van der Waals surface area contributed by atoms with E-state index in [1.165, 1.54) is 47.4 Å². The quantitative estimate of drug-likeness (QED) is 0.0984. The SMILES string of the molecule is O=C(CSc1cccc(NC(=O)/C(=C\c2c(F)cccc2Cl)NC(=O)c2ccccc2)c1)Nc1nc(-c2ccc3ccccc3c2)cs1. The molecule has 0 spiro atoms. The third-order valence-electron chi connectivity index (χ3n) is 7.07. The van der Waals surface area contributed by atoms with Gasteiger partial charge in [-0.3, -0.25) is 14.4 Å². The van der Waals surface area contributed by atoms with Crippen molar-refractivity contribution in [1.82, 2.24) is 10.3 Å². The maximum absolute atomic E-state index is 14.6. The van der Waals surface area contributed by atoms with Crippen molar-refractivity contribution in [3.05, 3.63) is 148 Å². The number of nitrogens with zero attached hydrogens (tertiary/aromatic N) is 1. The molecule has 0 aliphatic carbocycles. The summed E-state index contributed by atoms with van der Waals surface area (Å²) in [6, 6.07) is 33.6. The number of halogens is 2. The van der Waals surface area contributed by atoms with E-state index < -0.39 is 17.6 Å². The standard InChI is InChI=1S/C37H26ClFN4O3S2/c38-30-14-7-15-31(39)29(30)20-32(41-35(45)24-9-2-1-3-10-24)36(46)40-27-12-6-13-28(19-27)47-22-34(44)43-37-42-33(21-48-37)26-17-16-23-8-4-5-11-25(23)18-26/h1-21H,22H2,(H,40,46)(H,41,45)(H,42,43,44)/b32-20+. The van der Waals surface area contributed by atoms with Crippen molar-refractivity contribution < 1.29 is 18.8 Å². The van der Waals surface area contributed by atoms with Gasteiger partial charge in [-0.15, -0.1) is 23.1 Å². The van der Waals surface area contributed by atoms with Crippen LogP contribution in [0.15, 0.2) is 131 Å². The molecule has 238 valence electrons. The molecule has 0 aliphatic heterocycles. The van der Waals surface area contributed by atoms with E-state index in [0.29, 0.717) is 16.4 Å². The van der Waals surface area contributed by atoms with E-state index in [9.17, 15) is 18.8 Å². The van der Waals surface area contributed by atoms with Crippen LogP contribution in [0.2, 0.25) is 5.02 Å². The zero-order chi connectivity index (χ0) is 33.5. The lowest BCUT2D eigenvalue weighted by atomic mass is 10.1. The number of hydrogen-bond donors (Lipinski definition) is 3. The van der Waals surface area contributed by atoms with Gasteiger partial charge in [-0.1, -0.05) is 78.3 Å².